The van der Waals surface area contributed by atoms with Gasteiger partial charge in [0.1, 0.15) is 0 Å². The second-order valence-corrected chi connectivity index (χ2v) is 8.64. The normalized spacial score (nSPS) is 14.2. The molecule has 0 aliphatic carbocycles. The number of aromatic nitrogens is 2. The van der Waals surface area contributed by atoms with Crippen molar-refractivity contribution in [2.75, 3.05) is 26.2 Å². The van der Waals surface area contributed by atoms with Gasteiger partial charge < -0.3 is 15.2 Å². The first-order chi connectivity index (χ1) is 15.5. The molecule has 5 rings (SSSR count). The van der Waals surface area contributed by atoms with E-state index < -0.39 is 0 Å². The molecule has 2 aromatic heterocycles. The molecular weight excluding hydrogens is 396 g/mol. The number of hydrogen-bond donors (Lipinski definition) is 2. The van der Waals surface area contributed by atoms with E-state index in [0.29, 0.717) is 0 Å². The van der Waals surface area contributed by atoms with E-state index in [2.05, 4.69) is 52.5 Å². The van der Waals surface area contributed by atoms with Gasteiger partial charge in [-0.25, -0.2) is 0 Å². The maximum absolute atomic E-state index is 12.8. The van der Waals surface area contributed by atoms with Crippen molar-refractivity contribution in [3.05, 3.63) is 77.1 Å². The van der Waals surface area contributed by atoms with Crippen LogP contribution >= 0.6 is 0 Å². The Bertz CT molecular complexity index is 1280. The second kappa shape index (κ2) is 8.24. The molecular formula is C27H28N4O. The molecule has 1 fully saturated rings. The fourth-order valence-electron chi connectivity index (χ4n) is 4.64. The SMILES string of the molecule is Cc1cc(-c2ccc3c(C)c(-c4ccc(C(=O)N5CCNCC5)cc4)[nH]c3c2)cc(C)n1. The number of nitrogens with zero attached hydrogens (tertiary/aromatic N) is 2. The number of carbonyl (C=O) groups excluding carboxylic acids is 1. The summed E-state index contributed by atoms with van der Waals surface area (Å²) in [5.41, 5.74) is 9.68. The van der Waals surface area contributed by atoms with Crippen molar-refractivity contribution in [1.82, 2.24) is 20.2 Å². The summed E-state index contributed by atoms with van der Waals surface area (Å²) in [6.45, 7) is 9.46. The second-order valence-electron chi connectivity index (χ2n) is 8.64. The van der Waals surface area contributed by atoms with E-state index in [1.807, 2.05) is 43.0 Å². The Kier molecular flexibility index (Phi) is 5.27. The van der Waals surface area contributed by atoms with Gasteiger partial charge in [-0.3, -0.25) is 9.78 Å². The molecule has 1 aliphatic heterocycles. The molecule has 0 radical (unpaired) electrons. The maximum atomic E-state index is 12.8. The van der Waals surface area contributed by atoms with Gasteiger partial charge in [-0.05, 0) is 73.4 Å². The summed E-state index contributed by atoms with van der Waals surface area (Å²) in [6.07, 6.45) is 0. The van der Waals surface area contributed by atoms with Crippen LogP contribution in [0.15, 0.2) is 54.6 Å². The largest absolute Gasteiger partial charge is 0.354 e. The van der Waals surface area contributed by atoms with Crippen LogP contribution in [0.2, 0.25) is 0 Å². The highest BCUT2D eigenvalue weighted by Crippen LogP contribution is 2.33. The fraction of sp³-hybridized carbons (Fsp3) is 0.259. The van der Waals surface area contributed by atoms with E-state index in [1.165, 1.54) is 22.1 Å². The first-order valence-electron chi connectivity index (χ1n) is 11.2. The van der Waals surface area contributed by atoms with Crippen LogP contribution in [0.25, 0.3) is 33.3 Å². The van der Waals surface area contributed by atoms with Crippen molar-refractivity contribution in [2.45, 2.75) is 20.8 Å². The molecule has 0 saturated carbocycles. The molecule has 3 heterocycles. The van der Waals surface area contributed by atoms with E-state index in [1.54, 1.807) is 0 Å². The minimum absolute atomic E-state index is 0.110. The number of piperazine rings is 1. The summed E-state index contributed by atoms with van der Waals surface area (Å²) in [6, 6.07) is 18.8. The fourth-order valence-corrected chi connectivity index (χ4v) is 4.64. The Labute approximate surface area is 188 Å². The molecule has 1 saturated heterocycles. The smallest absolute Gasteiger partial charge is 0.253 e. The number of aromatic amines is 1. The molecule has 2 N–H and O–H groups in total. The summed E-state index contributed by atoms with van der Waals surface area (Å²) >= 11 is 0. The minimum Gasteiger partial charge on any atom is -0.354 e. The van der Waals surface area contributed by atoms with Gasteiger partial charge in [-0.15, -0.1) is 0 Å². The highest BCUT2D eigenvalue weighted by atomic mass is 16.2. The third kappa shape index (κ3) is 3.80. The van der Waals surface area contributed by atoms with Crippen molar-refractivity contribution < 1.29 is 4.79 Å². The average molecular weight is 425 g/mol. The first-order valence-corrected chi connectivity index (χ1v) is 11.2. The molecule has 0 bridgehead atoms. The first kappa shape index (κ1) is 20.5. The Balaban J connectivity index is 1.46. The highest BCUT2D eigenvalue weighted by molar-refractivity contribution is 5.96. The van der Waals surface area contributed by atoms with Crippen LogP contribution < -0.4 is 5.32 Å². The Hall–Kier alpha value is -3.44. The number of benzene rings is 2. The van der Waals surface area contributed by atoms with Crippen LogP contribution in [0, 0.1) is 20.8 Å². The quantitative estimate of drug-likeness (QED) is 0.493. The molecule has 0 spiro atoms. The predicted molar refractivity (Wildman–Crippen MR) is 130 cm³/mol. The van der Waals surface area contributed by atoms with Crippen molar-refractivity contribution in [1.29, 1.82) is 0 Å². The van der Waals surface area contributed by atoms with Gasteiger partial charge in [0.15, 0.2) is 0 Å². The molecule has 32 heavy (non-hydrogen) atoms. The van der Waals surface area contributed by atoms with E-state index in [4.69, 9.17) is 0 Å². The topological polar surface area (TPSA) is 61.0 Å². The number of pyridine rings is 1. The van der Waals surface area contributed by atoms with Gasteiger partial charge in [-0.1, -0.05) is 24.3 Å². The van der Waals surface area contributed by atoms with Crippen molar-refractivity contribution in [3.63, 3.8) is 0 Å². The molecule has 2 aromatic carbocycles. The van der Waals surface area contributed by atoms with Crippen molar-refractivity contribution in [2.24, 2.45) is 0 Å². The molecule has 0 atom stereocenters. The van der Waals surface area contributed by atoms with Crippen LogP contribution in [0.4, 0.5) is 0 Å². The Morgan fingerprint density at radius 3 is 2.19 bits per heavy atom. The monoisotopic (exact) mass is 424 g/mol. The van der Waals surface area contributed by atoms with Gasteiger partial charge in [0, 0.05) is 59.7 Å². The van der Waals surface area contributed by atoms with Crippen LogP contribution in [-0.2, 0) is 0 Å². The number of nitrogens with one attached hydrogen (secondary N) is 2. The molecule has 5 nitrogen and oxygen atoms in total. The number of aryl methyl sites for hydroxylation is 3. The van der Waals surface area contributed by atoms with Gasteiger partial charge in [0.25, 0.3) is 5.91 Å². The Morgan fingerprint density at radius 2 is 1.50 bits per heavy atom. The number of carbonyl (C=O) groups is 1. The van der Waals surface area contributed by atoms with Crippen molar-refractivity contribution in [3.8, 4) is 22.4 Å². The van der Waals surface area contributed by atoms with Gasteiger partial charge >= 0.3 is 0 Å². The molecule has 0 unspecified atom stereocenters. The lowest BCUT2D eigenvalue weighted by molar-refractivity contribution is 0.0736. The van der Waals surface area contributed by atoms with Gasteiger partial charge in [0.05, 0.1) is 0 Å². The zero-order chi connectivity index (χ0) is 22.2. The van der Waals surface area contributed by atoms with Gasteiger partial charge in [-0.2, -0.15) is 0 Å². The van der Waals surface area contributed by atoms with E-state index >= 15 is 0 Å². The molecule has 4 aromatic rings. The third-order valence-corrected chi connectivity index (χ3v) is 6.30. The molecule has 162 valence electrons. The molecule has 1 aliphatic rings. The zero-order valence-corrected chi connectivity index (χ0v) is 18.8. The highest BCUT2D eigenvalue weighted by Gasteiger charge is 2.18. The Morgan fingerprint density at radius 1 is 0.844 bits per heavy atom. The summed E-state index contributed by atoms with van der Waals surface area (Å²) in [7, 11) is 0. The summed E-state index contributed by atoms with van der Waals surface area (Å²) in [4.78, 5) is 22.8. The number of H-pyrrole nitrogens is 1. The van der Waals surface area contributed by atoms with E-state index in [0.717, 1.165) is 59.9 Å². The maximum Gasteiger partial charge on any atom is 0.253 e. The minimum atomic E-state index is 0.110. The number of hydrogen-bond acceptors (Lipinski definition) is 3. The lowest BCUT2D eigenvalue weighted by Crippen LogP contribution is -2.46. The summed E-state index contributed by atoms with van der Waals surface area (Å²) in [5.74, 6) is 0.110. The number of amides is 1. The van der Waals surface area contributed by atoms with Crippen LogP contribution in [0.3, 0.4) is 0 Å². The van der Waals surface area contributed by atoms with Crippen LogP contribution in [0.5, 0.6) is 0 Å². The summed E-state index contributed by atoms with van der Waals surface area (Å²) < 4.78 is 0. The van der Waals surface area contributed by atoms with Crippen LogP contribution in [0.1, 0.15) is 27.3 Å². The van der Waals surface area contributed by atoms with Crippen molar-refractivity contribution >= 4 is 16.8 Å². The van der Waals surface area contributed by atoms with E-state index in [-0.39, 0.29) is 5.91 Å². The van der Waals surface area contributed by atoms with Crippen LogP contribution in [-0.4, -0.2) is 47.0 Å². The summed E-state index contributed by atoms with van der Waals surface area (Å²) in [5, 5.41) is 4.50. The average Bonchev–Trinajstić information content (AvgIpc) is 3.14. The molecule has 5 heteroatoms. The molecule has 1 amide bonds. The number of fused-ring (bicyclic) bond motifs is 1. The van der Waals surface area contributed by atoms with Gasteiger partial charge in [0.2, 0.25) is 0 Å². The zero-order valence-electron chi connectivity index (χ0n) is 18.8. The predicted octanol–water partition coefficient (Wildman–Crippen LogP) is 4.87. The number of rotatable bonds is 3. The standard InChI is InChI=1S/C27H28N4O/c1-17-14-23(15-18(2)29-17)22-8-9-24-19(3)26(30-25(24)16-22)20-4-6-21(7-5-20)27(32)31-12-10-28-11-13-31/h4-9,14-16,28,30H,10-13H2,1-3H3. The lowest BCUT2D eigenvalue weighted by Gasteiger charge is -2.27. The lowest BCUT2D eigenvalue weighted by atomic mass is 10.0. The third-order valence-electron chi connectivity index (χ3n) is 6.30. The van der Waals surface area contributed by atoms with E-state index in [9.17, 15) is 4.79 Å².